The summed E-state index contributed by atoms with van der Waals surface area (Å²) in [6, 6.07) is 0. The largest absolute Gasteiger partial charge is 0.439 e. The maximum absolute atomic E-state index is 5.93. The molecule has 2 N–H and O–H groups in total. The van der Waals surface area contributed by atoms with Crippen molar-refractivity contribution >= 4 is 15.0 Å². The molecule has 6 heteroatoms. The lowest BCUT2D eigenvalue weighted by Crippen LogP contribution is -2.33. The Balaban J connectivity index is 3.77. The first-order valence-electron chi connectivity index (χ1n) is 7.39. The molecule has 112 valence electrons. The first-order chi connectivity index (χ1) is 8.83. The molecule has 0 aromatic rings. The van der Waals surface area contributed by atoms with Crippen LogP contribution >= 0.6 is 0 Å². The predicted molar refractivity (Wildman–Crippen MR) is 84.2 cm³/mol. The molecule has 19 heavy (non-hydrogen) atoms. The van der Waals surface area contributed by atoms with Gasteiger partial charge in [-0.25, -0.2) is 0 Å². The third kappa shape index (κ3) is 11.5. The van der Waals surface area contributed by atoms with E-state index in [1.54, 1.807) is 0 Å². The van der Waals surface area contributed by atoms with E-state index in [-0.39, 0.29) is 11.2 Å². The molecule has 0 heterocycles. The highest BCUT2D eigenvalue weighted by Gasteiger charge is 2.22. The number of nitrogens with two attached hydrogens (primary N) is 1. The Hall–Kier alpha value is -0.0301. The summed E-state index contributed by atoms with van der Waals surface area (Å²) >= 11 is 0. The van der Waals surface area contributed by atoms with E-state index in [0.29, 0.717) is 20.5 Å². The minimum absolute atomic E-state index is 0.141. The van der Waals surface area contributed by atoms with Crippen LogP contribution in [-0.4, -0.2) is 45.8 Å². The van der Waals surface area contributed by atoms with Gasteiger partial charge in [-0.2, -0.15) is 0 Å². The zero-order valence-electron chi connectivity index (χ0n) is 13.5. The summed E-state index contributed by atoms with van der Waals surface area (Å²) in [5.74, 6) is 0. The van der Waals surface area contributed by atoms with Gasteiger partial charge in [0.2, 0.25) is 0 Å². The highest BCUT2D eigenvalue weighted by atomic mass is 16.5. The van der Waals surface area contributed by atoms with Crippen LogP contribution in [0.4, 0.5) is 0 Å². The van der Waals surface area contributed by atoms with Gasteiger partial charge in [-0.3, -0.25) is 0 Å². The van der Waals surface area contributed by atoms with Crippen molar-refractivity contribution in [1.29, 1.82) is 0 Å². The van der Waals surface area contributed by atoms with E-state index in [2.05, 4.69) is 34.6 Å². The van der Waals surface area contributed by atoms with Crippen LogP contribution in [0.3, 0.4) is 0 Å². The third-order valence-electron chi connectivity index (χ3n) is 3.00. The van der Waals surface area contributed by atoms with Gasteiger partial charge in [-0.15, -0.1) is 0 Å². The van der Waals surface area contributed by atoms with Crippen molar-refractivity contribution in [3.63, 3.8) is 0 Å². The predicted octanol–water partition coefficient (Wildman–Crippen LogP) is 1.43. The van der Waals surface area contributed by atoms with Crippen LogP contribution in [0.2, 0.25) is 6.32 Å². The average molecular weight is 271 g/mol. The summed E-state index contributed by atoms with van der Waals surface area (Å²) < 4.78 is 17.1. The van der Waals surface area contributed by atoms with Crippen LogP contribution in [0.5, 0.6) is 0 Å². The lowest BCUT2D eigenvalue weighted by atomic mass is 9.96. The van der Waals surface area contributed by atoms with E-state index < -0.39 is 0 Å². The first kappa shape index (κ1) is 19.0. The van der Waals surface area contributed by atoms with Crippen LogP contribution in [0.25, 0.3) is 0 Å². The van der Waals surface area contributed by atoms with E-state index in [9.17, 15) is 0 Å². The number of hydrogen-bond donors (Lipinski definition) is 1. The monoisotopic (exact) mass is 271 g/mol. The number of ether oxygens (including phenoxy) is 1. The maximum Gasteiger partial charge on any atom is 0.289 e. The Labute approximate surface area is 120 Å². The maximum atomic E-state index is 5.93. The first-order valence-corrected chi connectivity index (χ1v) is 7.39. The third-order valence-corrected chi connectivity index (χ3v) is 3.00. The Morgan fingerprint density at radius 2 is 1.58 bits per heavy atom. The summed E-state index contributed by atoms with van der Waals surface area (Å²) in [6.07, 6.45) is 3.40. The summed E-state index contributed by atoms with van der Waals surface area (Å²) in [5.41, 5.74) is 5.13. The van der Waals surface area contributed by atoms with Crippen LogP contribution in [0.15, 0.2) is 0 Å². The molecular formula is C13H31B2NO3. The Morgan fingerprint density at radius 1 is 0.947 bits per heavy atom. The molecule has 0 aromatic heterocycles. The lowest BCUT2D eigenvalue weighted by molar-refractivity contribution is -0.0499. The Morgan fingerprint density at radius 3 is 2.16 bits per heavy atom. The second kappa shape index (κ2) is 9.81. The molecule has 0 amide bonds. The van der Waals surface area contributed by atoms with Gasteiger partial charge in [0.25, 0.3) is 15.0 Å². The smallest absolute Gasteiger partial charge is 0.289 e. The van der Waals surface area contributed by atoms with E-state index in [4.69, 9.17) is 19.8 Å². The fourth-order valence-corrected chi connectivity index (χ4v) is 1.62. The van der Waals surface area contributed by atoms with E-state index >= 15 is 0 Å². The highest BCUT2D eigenvalue weighted by molar-refractivity contribution is 6.27. The van der Waals surface area contributed by atoms with Crippen LogP contribution < -0.4 is 5.73 Å². The lowest BCUT2D eigenvalue weighted by Gasteiger charge is -2.30. The Bertz CT molecular complexity index is 226. The molecule has 0 saturated heterocycles. The van der Waals surface area contributed by atoms with Crippen molar-refractivity contribution in [3.05, 3.63) is 0 Å². The molecule has 0 aromatic carbocycles. The highest BCUT2D eigenvalue weighted by Crippen LogP contribution is 2.19. The zero-order chi connectivity index (χ0) is 14.8. The van der Waals surface area contributed by atoms with Gasteiger partial charge in [0.05, 0.1) is 5.60 Å². The summed E-state index contributed by atoms with van der Waals surface area (Å²) in [4.78, 5) is 0. The van der Waals surface area contributed by atoms with E-state index in [1.165, 1.54) is 0 Å². The van der Waals surface area contributed by atoms with Crippen LogP contribution in [-0.2, 0) is 14.0 Å². The molecule has 0 aliphatic carbocycles. The molecule has 0 saturated carbocycles. The van der Waals surface area contributed by atoms with Crippen LogP contribution in [0, 0.1) is 0 Å². The van der Waals surface area contributed by atoms with Crippen molar-refractivity contribution in [2.75, 3.05) is 19.7 Å². The van der Waals surface area contributed by atoms with Gasteiger partial charge < -0.3 is 19.8 Å². The molecule has 0 atom stereocenters. The topological polar surface area (TPSA) is 53.7 Å². The average Bonchev–Trinajstić information content (AvgIpc) is 2.32. The van der Waals surface area contributed by atoms with Gasteiger partial charge in [0, 0.05) is 18.8 Å². The minimum atomic E-state index is -0.172. The fourth-order valence-electron chi connectivity index (χ4n) is 1.62. The van der Waals surface area contributed by atoms with Gasteiger partial charge in [0.1, 0.15) is 0 Å². The molecule has 0 unspecified atom stereocenters. The quantitative estimate of drug-likeness (QED) is 0.431. The van der Waals surface area contributed by atoms with Gasteiger partial charge >= 0.3 is 0 Å². The van der Waals surface area contributed by atoms with Crippen molar-refractivity contribution in [2.45, 2.75) is 65.0 Å². The van der Waals surface area contributed by atoms with Gasteiger partial charge in [-0.05, 0) is 47.0 Å². The van der Waals surface area contributed by atoms with E-state index in [0.717, 1.165) is 33.3 Å². The molecule has 0 radical (unpaired) electrons. The van der Waals surface area contributed by atoms with Crippen LogP contribution in [0.1, 0.15) is 47.5 Å². The summed E-state index contributed by atoms with van der Waals surface area (Å²) in [5, 5.41) is 0. The van der Waals surface area contributed by atoms with Crippen molar-refractivity contribution in [2.24, 2.45) is 5.73 Å². The summed E-state index contributed by atoms with van der Waals surface area (Å²) in [6.45, 7) is 11.9. The number of hydrogen-bond acceptors (Lipinski definition) is 4. The summed E-state index contributed by atoms with van der Waals surface area (Å²) in [7, 11) is 1.43. The molecule has 0 spiro atoms. The molecular weight excluding hydrogens is 240 g/mol. The van der Waals surface area contributed by atoms with Gasteiger partial charge in [0.15, 0.2) is 0 Å². The van der Waals surface area contributed by atoms with Crippen molar-refractivity contribution in [1.82, 2.24) is 0 Å². The molecule has 0 rings (SSSR count). The standard InChI is InChI=1S/C13H31B2NO3/c1-6-14-18-10-8-12(2,3)17-9-7-13(4,5)19-15-11-16/h14-15H,6-11,16H2,1-5H3. The molecule has 0 aliphatic rings. The molecule has 0 bridgehead atoms. The number of rotatable bonds is 12. The molecule has 0 aliphatic heterocycles. The molecule has 0 fully saturated rings. The van der Waals surface area contributed by atoms with Crippen molar-refractivity contribution in [3.8, 4) is 0 Å². The normalized spacial score (nSPS) is 12.5. The van der Waals surface area contributed by atoms with Crippen molar-refractivity contribution < 1.29 is 14.0 Å². The fraction of sp³-hybridized carbons (Fsp3) is 1.00. The van der Waals surface area contributed by atoms with E-state index in [1.807, 2.05) is 0 Å². The second-order valence-electron chi connectivity index (χ2n) is 6.12. The second-order valence-corrected chi connectivity index (χ2v) is 6.12. The Kier molecular flexibility index (Phi) is 9.79. The SMILES string of the molecule is CCBOCCC(C)(C)OCCC(C)(C)OBCN. The zero-order valence-corrected chi connectivity index (χ0v) is 13.5. The minimum Gasteiger partial charge on any atom is -0.439 e. The molecule has 4 nitrogen and oxygen atoms in total. The van der Waals surface area contributed by atoms with Gasteiger partial charge in [-0.1, -0.05) is 13.2 Å².